The van der Waals surface area contributed by atoms with Crippen molar-refractivity contribution in [2.24, 2.45) is 21.6 Å². The normalized spacial score (nSPS) is 27.9. The van der Waals surface area contributed by atoms with Crippen molar-refractivity contribution in [1.82, 2.24) is 0 Å². The second kappa shape index (κ2) is 10.2. The minimum absolute atomic E-state index is 0.0791. The third-order valence-corrected chi connectivity index (χ3v) is 5.88. The summed E-state index contributed by atoms with van der Waals surface area (Å²) < 4.78 is 5.64. The Bertz CT molecular complexity index is 883. The lowest BCUT2D eigenvalue weighted by atomic mass is 9.77. The van der Waals surface area contributed by atoms with Gasteiger partial charge in [0.2, 0.25) is 0 Å². The molecule has 31 heavy (non-hydrogen) atoms. The van der Waals surface area contributed by atoms with Crippen LogP contribution in [0.4, 0.5) is 5.69 Å². The zero-order valence-corrected chi connectivity index (χ0v) is 18.0. The summed E-state index contributed by atoms with van der Waals surface area (Å²) in [5.74, 6) is 0.236. The summed E-state index contributed by atoms with van der Waals surface area (Å²) in [4.78, 5) is 33.5. The second-order valence-electron chi connectivity index (χ2n) is 8.24. The molecule has 0 aromatic heterocycles. The Labute approximate surface area is 182 Å². The van der Waals surface area contributed by atoms with Crippen LogP contribution in [-0.2, 0) is 14.3 Å². The molecule has 1 saturated carbocycles. The van der Waals surface area contributed by atoms with Gasteiger partial charge >= 0.3 is 5.97 Å². The molecule has 1 amide bonds. The Kier molecular flexibility index (Phi) is 7.44. The number of aliphatic imine (C=N–C) groups is 2. The lowest BCUT2D eigenvalue weighted by molar-refractivity contribution is -0.138. The van der Waals surface area contributed by atoms with Gasteiger partial charge in [-0.1, -0.05) is 12.1 Å². The molecular formula is C23H30N4O4. The summed E-state index contributed by atoms with van der Waals surface area (Å²) in [5, 5.41) is 9.00. The van der Waals surface area contributed by atoms with E-state index in [0.717, 1.165) is 31.4 Å². The highest BCUT2D eigenvalue weighted by Crippen LogP contribution is 2.37. The molecule has 0 saturated heterocycles. The van der Waals surface area contributed by atoms with Gasteiger partial charge in [-0.05, 0) is 62.1 Å². The molecule has 0 radical (unpaired) electrons. The molecule has 1 heterocycles. The summed E-state index contributed by atoms with van der Waals surface area (Å²) in [5.41, 5.74) is 7.80. The fourth-order valence-corrected chi connectivity index (χ4v) is 4.22. The maximum absolute atomic E-state index is 12.9. The standard InChI is InChI=1S/C23H30N4O4/c1-15-13-31-16(2)25-14-26-21(24)12-22(28)27(15)20-9-7-19(8-10-20)18-5-3-17(4-6-18)11-23(29)30/h7-10,12,14-15,17-18H,3-6,11,13,24H2,1-2H3,(H,29,30)/b21-12+,25-16?,26-14-/t15-,17?,18?/m0/s1. The van der Waals surface area contributed by atoms with E-state index in [1.54, 1.807) is 11.8 Å². The van der Waals surface area contributed by atoms with Gasteiger partial charge in [0.1, 0.15) is 18.8 Å². The van der Waals surface area contributed by atoms with E-state index >= 15 is 0 Å². The third kappa shape index (κ3) is 6.16. The summed E-state index contributed by atoms with van der Waals surface area (Å²) >= 11 is 0. The Morgan fingerprint density at radius 2 is 1.90 bits per heavy atom. The van der Waals surface area contributed by atoms with E-state index in [2.05, 4.69) is 22.1 Å². The molecule has 1 atom stereocenters. The van der Waals surface area contributed by atoms with Gasteiger partial charge in [-0.25, -0.2) is 9.98 Å². The monoisotopic (exact) mass is 426 g/mol. The summed E-state index contributed by atoms with van der Waals surface area (Å²) in [6.45, 7) is 3.92. The number of aliphatic carboxylic acids is 1. The maximum Gasteiger partial charge on any atom is 0.303 e. The van der Waals surface area contributed by atoms with E-state index in [-0.39, 0.29) is 36.7 Å². The van der Waals surface area contributed by atoms with Gasteiger partial charge in [0, 0.05) is 25.1 Å². The van der Waals surface area contributed by atoms with Gasteiger partial charge < -0.3 is 20.5 Å². The Morgan fingerprint density at radius 3 is 2.55 bits per heavy atom. The number of carboxylic acid groups (broad SMARTS) is 1. The van der Waals surface area contributed by atoms with Gasteiger partial charge in [0.05, 0.1) is 6.04 Å². The van der Waals surface area contributed by atoms with Crippen LogP contribution in [-0.4, -0.2) is 41.9 Å². The highest BCUT2D eigenvalue weighted by Gasteiger charge is 2.25. The molecule has 1 aromatic carbocycles. The molecule has 166 valence electrons. The van der Waals surface area contributed by atoms with Gasteiger partial charge in [-0.15, -0.1) is 0 Å². The topological polar surface area (TPSA) is 118 Å². The number of benzene rings is 1. The van der Waals surface area contributed by atoms with Crippen molar-refractivity contribution in [1.29, 1.82) is 0 Å². The smallest absolute Gasteiger partial charge is 0.303 e. The largest absolute Gasteiger partial charge is 0.481 e. The Morgan fingerprint density at radius 1 is 1.23 bits per heavy atom. The summed E-state index contributed by atoms with van der Waals surface area (Å²) in [6.07, 6.45) is 6.66. The van der Waals surface area contributed by atoms with Crippen molar-refractivity contribution < 1.29 is 19.4 Å². The molecule has 8 nitrogen and oxygen atoms in total. The quantitative estimate of drug-likeness (QED) is 0.765. The van der Waals surface area contributed by atoms with Crippen molar-refractivity contribution in [2.75, 3.05) is 11.5 Å². The van der Waals surface area contributed by atoms with E-state index in [9.17, 15) is 9.59 Å². The number of amides is 1. The number of rotatable bonds is 4. The first kappa shape index (κ1) is 22.5. The number of carboxylic acids is 1. The zero-order chi connectivity index (χ0) is 22.4. The SMILES string of the molecule is CC1=N/C=N\C(N)=C\C(=O)N(c2ccc(C3CCC(CC(=O)O)CC3)cc2)[C@@H](C)CO1. The number of carbonyl (C=O) groups excluding carboxylic acids is 1. The van der Waals surface area contributed by atoms with Crippen molar-refractivity contribution >= 4 is 29.8 Å². The van der Waals surface area contributed by atoms with Gasteiger partial charge in [-0.2, -0.15) is 0 Å². The molecular weight excluding hydrogens is 396 g/mol. The van der Waals surface area contributed by atoms with E-state index in [0.29, 0.717) is 11.8 Å². The minimum Gasteiger partial charge on any atom is -0.481 e. The summed E-state index contributed by atoms with van der Waals surface area (Å²) in [7, 11) is 0. The number of hydrogen-bond donors (Lipinski definition) is 2. The lowest BCUT2D eigenvalue weighted by Gasteiger charge is -2.30. The average Bonchev–Trinajstić information content (AvgIpc) is 2.74. The highest BCUT2D eigenvalue weighted by atomic mass is 16.5. The molecule has 1 aromatic rings. The van der Waals surface area contributed by atoms with Crippen LogP contribution < -0.4 is 10.6 Å². The van der Waals surface area contributed by atoms with E-state index in [1.807, 2.05) is 19.1 Å². The van der Waals surface area contributed by atoms with Crippen LogP contribution >= 0.6 is 0 Å². The number of anilines is 1. The van der Waals surface area contributed by atoms with E-state index < -0.39 is 5.97 Å². The zero-order valence-electron chi connectivity index (χ0n) is 18.0. The first-order valence-corrected chi connectivity index (χ1v) is 10.7. The fraction of sp³-hybridized carbons (Fsp3) is 0.478. The minimum atomic E-state index is -0.715. The Hall–Kier alpha value is -3.16. The van der Waals surface area contributed by atoms with Crippen molar-refractivity contribution in [3.05, 3.63) is 41.7 Å². The highest BCUT2D eigenvalue weighted by molar-refractivity contribution is 6.02. The number of hydrogen-bond acceptors (Lipinski definition) is 6. The molecule has 8 heteroatoms. The van der Waals surface area contributed by atoms with Crippen LogP contribution in [0.2, 0.25) is 0 Å². The summed E-state index contributed by atoms with van der Waals surface area (Å²) in [6, 6.07) is 7.77. The van der Waals surface area contributed by atoms with Crippen LogP contribution in [0.1, 0.15) is 57.4 Å². The van der Waals surface area contributed by atoms with Gasteiger partial charge in [0.15, 0.2) is 5.90 Å². The number of carbonyl (C=O) groups is 2. The van der Waals surface area contributed by atoms with E-state index in [1.165, 1.54) is 18.0 Å². The molecule has 0 bridgehead atoms. The molecule has 1 aliphatic carbocycles. The predicted molar refractivity (Wildman–Crippen MR) is 120 cm³/mol. The van der Waals surface area contributed by atoms with Gasteiger partial charge in [-0.3, -0.25) is 9.59 Å². The molecule has 0 spiro atoms. The molecule has 1 fully saturated rings. The van der Waals surface area contributed by atoms with Crippen LogP contribution in [0, 0.1) is 5.92 Å². The Balaban J connectivity index is 1.75. The van der Waals surface area contributed by atoms with Crippen LogP contribution in [0.5, 0.6) is 0 Å². The number of nitrogens with two attached hydrogens (primary N) is 1. The third-order valence-electron chi connectivity index (χ3n) is 5.88. The van der Waals surface area contributed by atoms with Crippen LogP contribution in [0.25, 0.3) is 0 Å². The van der Waals surface area contributed by atoms with Crippen molar-refractivity contribution in [3.8, 4) is 0 Å². The molecule has 3 N–H and O–H groups in total. The average molecular weight is 427 g/mol. The van der Waals surface area contributed by atoms with Crippen molar-refractivity contribution in [3.63, 3.8) is 0 Å². The number of nitrogens with zero attached hydrogens (tertiary/aromatic N) is 3. The maximum atomic E-state index is 12.9. The second-order valence-corrected chi connectivity index (χ2v) is 8.24. The fourth-order valence-electron chi connectivity index (χ4n) is 4.22. The van der Waals surface area contributed by atoms with Crippen LogP contribution in [0.15, 0.2) is 46.1 Å². The van der Waals surface area contributed by atoms with Crippen molar-refractivity contribution in [2.45, 2.75) is 57.9 Å². The lowest BCUT2D eigenvalue weighted by Crippen LogP contribution is -2.41. The molecule has 2 aliphatic rings. The first-order valence-electron chi connectivity index (χ1n) is 10.7. The molecule has 3 rings (SSSR count). The van der Waals surface area contributed by atoms with Gasteiger partial charge in [0.25, 0.3) is 5.91 Å². The van der Waals surface area contributed by atoms with E-state index in [4.69, 9.17) is 15.6 Å². The predicted octanol–water partition coefficient (Wildman–Crippen LogP) is 3.43. The van der Waals surface area contributed by atoms with Crippen LogP contribution in [0.3, 0.4) is 0 Å². The first-order chi connectivity index (χ1) is 14.8. The molecule has 0 unspecified atom stereocenters. The molecule has 1 aliphatic heterocycles. The number of ether oxygens (including phenoxy) is 1.